The maximum Gasteiger partial charge on any atom is 0.150 e. The van der Waals surface area contributed by atoms with Crippen molar-refractivity contribution in [2.24, 2.45) is 5.92 Å². The Bertz CT molecular complexity index is 161. The van der Waals surface area contributed by atoms with Gasteiger partial charge in [0.15, 0.2) is 5.05 Å². The fraction of sp³-hybridized carbons (Fsp3) is 0.857. The molecule has 0 bridgehead atoms. The van der Waals surface area contributed by atoms with Gasteiger partial charge < -0.3 is 4.74 Å². The Balaban J connectivity index is 2.23. The minimum absolute atomic E-state index is 0.461. The van der Waals surface area contributed by atoms with E-state index in [-0.39, 0.29) is 0 Å². The lowest BCUT2D eigenvalue weighted by molar-refractivity contribution is 0.168. The Morgan fingerprint density at radius 1 is 1.80 bits per heavy atom. The van der Waals surface area contributed by atoms with E-state index >= 15 is 0 Å². The second-order valence-electron chi connectivity index (χ2n) is 2.55. The van der Waals surface area contributed by atoms with Gasteiger partial charge in [-0.05, 0) is 6.42 Å². The van der Waals surface area contributed by atoms with E-state index in [1.807, 2.05) is 0 Å². The fourth-order valence-electron chi connectivity index (χ4n) is 1.01. The van der Waals surface area contributed by atoms with E-state index in [2.05, 4.69) is 6.92 Å². The van der Waals surface area contributed by atoms with Crippen molar-refractivity contribution < 1.29 is 8.95 Å². The van der Waals surface area contributed by atoms with Crippen LogP contribution in [0, 0.1) is 5.92 Å². The fourth-order valence-corrected chi connectivity index (χ4v) is 1.45. The molecule has 58 valence electrons. The van der Waals surface area contributed by atoms with Gasteiger partial charge in [-0.15, -0.1) is 0 Å². The van der Waals surface area contributed by atoms with Gasteiger partial charge in [0.25, 0.3) is 0 Å². The monoisotopic (exact) mass is 160 g/mol. The molecule has 0 aromatic rings. The molecule has 1 aliphatic heterocycles. The summed E-state index contributed by atoms with van der Waals surface area (Å²) in [6, 6.07) is 0. The topological polar surface area (TPSA) is 26.3 Å². The predicted octanol–water partition coefficient (Wildman–Crippen LogP) is 1.17. The van der Waals surface area contributed by atoms with Crippen molar-refractivity contribution in [2.45, 2.75) is 26.2 Å². The predicted molar refractivity (Wildman–Crippen MR) is 42.1 cm³/mol. The van der Waals surface area contributed by atoms with E-state index in [1.165, 1.54) is 12.8 Å². The molecule has 1 rings (SSSR count). The number of ether oxygens (including phenoxy) is 1. The Hall–Kier alpha value is -0.150. The van der Waals surface area contributed by atoms with E-state index in [9.17, 15) is 4.21 Å². The molecule has 10 heavy (non-hydrogen) atoms. The highest BCUT2D eigenvalue weighted by Gasteiger charge is 2.26. The summed E-state index contributed by atoms with van der Waals surface area (Å²) >= 11 is 0.515. The van der Waals surface area contributed by atoms with Crippen LogP contribution < -0.4 is 0 Å². The molecular formula is C7H12O2S. The molecule has 0 saturated carbocycles. The minimum Gasteiger partial charge on any atom is -0.336 e. The van der Waals surface area contributed by atoms with Gasteiger partial charge in [0.2, 0.25) is 0 Å². The van der Waals surface area contributed by atoms with Gasteiger partial charge in [0.1, 0.15) is 11.3 Å². The van der Waals surface area contributed by atoms with Crippen LogP contribution in [0.15, 0.2) is 0 Å². The lowest BCUT2D eigenvalue weighted by atomic mass is 10.0. The van der Waals surface area contributed by atoms with Crippen molar-refractivity contribution in [3.8, 4) is 0 Å². The molecule has 0 aromatic carbocycles. The molecule has 0 N–H and O–H groups in total. The highest BCUT2D eigenvalue weighted by atomic mass is 32.1. The van der Waals surface area contributed by atoms with Crippen molar-refractivity contribution in [1.82, 2.24) is 0 Å². The molecule has 0 spiro atoms. The summed E-state index contributed by atoms with van der Waals surface area (Å²) in [5.74, 6) is 0.461. The van der Waals surface area contributed by atoms with E-state index < -0.39 is 0 Å². The van der Waals surface area contributed by atoms with Crippen LogP contribution in [0.3, 0.4) is 0 Å². The van der Waals surface area contributed by atoms with Crippen LogP contribution in [0.25, 0.3) is 0 Å². The second kappa shape index (κ2) is 3.88. The van der Waals surface area contributed by atoms with Crippen LogP contribution in [0.5, 0.6) is 0 Å². The van der Waals surface area contributed by atoms with Gasteiger partial charge in [-0.3, -0.25) is 0 Å². The maximum absolute atomic E-state index is 10.2. The molecule has 1 atom stereocenters. The van der Waals surface area contributed by atoms with Crippen LogP contribution >= 0.6 is 0 Å². The molecule has 1 unspecified atom stereocenters. The summed E-state index contributed by atoms with van der Waals surface area (Å²) < 4.78 is 15.2. The zero-order chi connectivity index (χ0) is 7.40. The smallest absolute Gasteiger partial charge is 0.150 e. The van der Waals surface area contributed by atoms with Gasteiger partial charge in [-0.2, -0.15) is 0 Å². The Kier molecular flexibility index (Phi) is 3.09. The van der Waals surface area contributed by atoms with Crippen LogP contribution in [0.2, 0.25) is 0 Å². The number of rotatable bonds is 3. The molecule has 1 saturated heterocycles. The van der Waals surface area contributed by atoms with Crippen molar-refractivity contribution in [3.05, 3.63) is 0 Å². The maximum atomic E-state index is 10.2. The molecule has 2 nitrogen and oxygen atoms in total. The number of hydrogen-bond acceptors (Lipinski definition) is 2. The summed E-state index contributed by atoms with van der Waals surface area (Å²) in [4.78, 5) is 0. The highest BCUT2D eigenvalue weighted by molar-refractivity contribution is 7.66. The lowest BCUT2D eigenvalue weighted by Crippen LogP contribution is -2.34. The summed E-state index contributed by atoms with van der Waals surface area (Å²) in [6.45, 7) is 2.92. The highest BCUT2D eigenvalue weighted by Crippen LogP contribution is 2.19. The largest absolute Gasteiger partial charge is 0.336 e. The summed E-state index contributed by atoms with van der Waals surface area (Å²) in [6.07, 6.45) is 3.53. The number of hydrogen-bond donors (Lipinski definition) is 0. The minimum atomic E-state index is 0.461. The average Bonchev–Trinajstić information content (AvgIpc) is 1.88. The molecule has 1 fully saturated rings. The van der Waals surface area contributed by atoms with E-state index in [0.29, 0.717) is 22.2 Å². The van der Waals surface area contributed by atoms with Crippen molar-refractivity contribution in [1.29, 1.82) is 0 Å². The lowest BCUT2D eigenvalue weighted by Gasteiger charge is -2.25. The summed E-state index contributed by atoms with van der Waals surface area (Å²) in [5, 5.41) is 0.702. The average molecular weight is 160 g/mol. The van der Waals surface area contributed by atoms with E-state index in [1.54, 1.807) is 0 Å². The molecule has 3 heteroatoms. The normalized spacial score (nSPS) is 24.1. The summed E-state index contributed by atoms with van der Waals surface area (Å²) in [7, 11) is 0. The molecule has 1 aliphatic rings. The molecule has 0 aliphatic carbocycles. The van der Waals surface area contributed by atoms with Gasteiger partial charge in [-0.1, -0.05) is 19.8 Å². The number of unbranched alkanes of at least 4 members (excludes halogenated alkanes) is 1. The van der Waals surface area contributed by atoms with Crippen LogP contribution in [-0.4, -0.2) is 15.9 Å². The molecule has 0 aromatic heterocycles. The third-order valence-corrected chi connectivity index (χ3v) is 2.36. The zero-order valence-corrected chi connectivity index (χ0v) is 6.95. The first kappa shape index (κ1) is 7.95. The molecular weight excluding hydrogens is 148 g/mol. The SMILES string of the molecule is CCCCC1COC1=S=O. The van der Waals surface area contributed by atoms with Crippen LogP contribution in [-0.2, 0) is 16.0 Å². The molecule has 0 radical (unpaired) electrons. The zero-order valence-electron chi connectivity index (χ0n) is 6.13. The van der Waals surface area contributed by atoms with Gasteiger partial charge in [0.05, 0.1) is 6.61 Å². The standard InChI is InChI=1S/C7H12O2S/c1-2-3-4-6-5-9-7(6)10-8/h6H,2-5H2,1H3. The third-order valence-electron chi connectivity index (χ3n) is 1.75. The second-order valence-corrected chi connectivity index (χ2v) is 3.12. The van der Waals surface area contributed by atoms with E-state index in [4.69, 9.17) is 4.74 Å². The first-order chi connectivity index (χ1) is 4.88. The molecule has 0 amide bonds. The van der Waals surface area contributed by atoms with Crippen molar-refractivity contribution in [3.63, 3.8) is 0 Å². The van der Waals surface area contributed by atoms with Gasteiger partial charge in [-0.25, -0.2) is 4.21 Å². The summed E-state index contributed by atoms with van der Waals surface area (Å²) in [5.41, 5.74) is 0. The van der Waals surface area contributed by atoms with E-state index in [0.717, 1.165) is 13.0 Å². The van der Waals surface area contributed by atoms with Gasteiger partial charge >= 0.3 is 0 Å². The Labute approximate surface area is 64.6 Å². The Morgan fingerprint density at radius 3 is 3.00 bits per heavy atom. The third kappa shape index (κ3) is 1.67. The first-order valence-corrected chi connectivity index (χ1v) is 4.42. The van der Waals surface area contributed by atoms with Crippen LogP contribution in [0.1, 0.15) is 26.2 Å². The quantitative estimate of drug-likeness (QED) is 0.579. The van der Waals surface area contributed by atoms with Crippen molar-refractivity contribution in [2.75, 3.05) is 6.61 Å². The van der Waals surface area contributed by atoms with Gasteiger partial charge in [0, 0.05) is 5.92 Å². The first-order valence-electron chi connectivity index (χ1n) is 3.68. The van der Waals surface area contributed by atoms with Crippen LogP contribution in [0.4, 0.5) is 0 Å². The van der Waals surface area contributed by atoms with Crippen molar-refractivity contribution >= 4 is 16.3 Å². The Morgan fingerprint density at radius 2 is 2.60 bits per heavy atom. The molecule has 1 heterocycles.